The zero-order valence-corrected chi connectivity index (χ0v) is 8.74. The maximum absolute atomic E-state index is 10.6. The van der Waals surface area contributed by atoms with Crippen LogP contribution in [0.15, 0.2) is 0 Å². The molecule has 16 heavy (non-hydrogen) atoms. The molecule has 1 unspecified atom stereocenters. The maximum Gasteiger partial charge on any atom is 0.240 e. The SMILES string of the molecule is CC(=O)NO[C@H]1C(N)O[C@H](CO)[C@@H](O)[C@@H]1O. The fraction of sp³-hybridized carbons (Fsp3) is 0.875. The molecule has 0 saturated carbocycles. The second-order valence-electron chi connectivity index (χ2n) is 3.54. The van der Waals surface area contributed by atoms with Gasteiger partial charge in [0.25, 0.3) is 0 Å². The minimum absolute atomic E-state index is 0.473. The molecular weight excluding hydrogens is 220 g/mol. The van der Waals surface area contributed by atoms with E-state index in [1.807, 2.05) is 5.48 Å². The van der Waals surface area contributed by atoms with Crippen LogP contribution in [0.25, 0.3) is 0 Å². The third kappa shape index (κ3) is 2.88. The lowest BCUT2D eigenvalue weighted by Crippen LogP contribution is -2.63. The number of nitrogens with two attached hydrogens (primary N) is 1. The summed E-state index contributed by atoms with van der Waals surface area (Å²) in [5, 5.41) is 28.0. The van der Waals surface area contributed by atoms with E-state index in [2.05, 4.69) is 0 Å². The molecule has 0 aromatic rings. The van der Waals surface area contributed by atoms with Crippen LogP contribution in [0.2, 0.25) is 0 Å². The smallest absolute Gasteiger partial charge is 0.240 e. The highest BCUT2D eigenvalue weighted by Gasteiger charge is 2.44. The van der Waals surface area contributed by atoms with E-state index in [0.29, 0.717) is 0 Å². The molecule has 1 rings (SSSR count). The topological polar surface area (TPSA) is 134 Å². The molecule has 8 heteroatoms. The largest absolute Gasteiger partial charge is 0.394 e. The molecule has 0 spiro atoms. The second-order valence-corrected chi connectivity index (χ2v) is 3.54. The predicted octanol–water partition coefficient (Wildman–Crippen LogP) is -3.18. The van der Waals surface area contributed by atoms with E-state index < -0.39 is 43.2 Å². The molecule has 1 heterocycles. The van der Waals surface area contributed by atoms with Crippen LogP contribution in [0.3, 0.4) is 0 Å². The molecule has 6 N–H and O–H groups in total. The van der Waals surface area contributed by atoms with E-state index in [0.717, 1.165) is 0 Å². The molecule has 5 atom stereocenters. The molecule has 1 aliphatic heterocycles. The van der Waals surface area contributed by atoms with Gasteiger partial charge in [-0.2, -0.15) is 0 Å². The van der Waals surface area contributed by atoms with Crippen molar-refractivity contribution in [3.05, 3.63) is 0 Å². The normalized spacial score (nSPS) is 39.4. The monoisotopic (exact) mass is 236 g/mol. The van der Waals surface area contributed by atoms with Crippen molar-refractivity contribution in [3.8, 4) is 0 Å². The number of hydroxylamine groups is 1. The number of nitrogens with one attached hydrogen (secondary N) is 1. The average molecular weight is 236 g/mol. The highest BCUT2D eigenvalue weighted by Crippen LogP contribution is 2.20. The van der Waals surface area contributed by atoms with Gasteiger partial charge in [0.15, 0.2) is 6.10 Å². The minimum Gasteiger partial charge on any atom is -0.394 e. The van der Waals surface area contributed by atoms with Gasteiger partial charge in [-0.1, -0.05) is 0 Å². The lowest BCUT2D eigenvalue weighted by molar-refractivity contribution is -0.251. The third-order valence-electron chi connectivity index (χ3n) is 2.24. The fourth-order valence-electron chi connectivity index (χ4n) is 1.41. The van der Waals surface area contributed by atoms with E-state index in [-0.39, 0.29) is 0 Å². The summed E-state index contributed by atoms with van der Waals surface area (Å²) in [4.78, 5) is 15.4. The molecule has 1 amide bonds. The summed E-state index contributed by atoms with van der Waals surface area (Å²) in [6.45, 7) is 0.743. The second kappa shape index (κ2) is 5.53. The Morgan fingerprint density at radius 3 is 2.62 bits per heavy atom. The Bertz CT molecular complexity index is 251. The van der Waals surface area contributed by atoms with Crippen LogP contribution in [0.5, 0.6) is 0 Å². The van der Waals surface area contributed by atoms with Crippen molar-refractivity contribution in [2.45, 2.75) is 37.6 Å². The zero-order valence-electron chi connectivity index (χ0n) is 8.74. The Balaban J connectivity index is 2.60. The zero-order chi connectivity index (χ0) is 12.3. The summed E-state index contributed by atoms with van der Waals surface area (Å²) in [6.07, 6.45) is -5.80. The number of rotatable bonds is 3. The van der Waals surface area contributed by atoms with Gasteiger partial charge in [0.1, 0.15) is 24.5 Å². The number of ether oxygens (including phenoxy) is 1. The summed E-state index contributed by atoms with van der Waals surface area (Å²) in [7, 11) is 0. The third-order valence-corrected chi connectivity index (χ3v) is 2.24. The Hall–Kier alpha value is -0.770. The summed E-state index contributed by atoms with van der Waals surface area (Å²) in [5.41, 5.74) is 7.50. The lowest BCUT2D eigenvalue weighted by Gasteiger charge is -2.39. The molecule has 0 radical (unpaired) electrons. The van der Waals surface area contributed by atoms with Crippen LogP contribution in [0.4, 0.5) is 0 Å². The first kappa shape index (κ1) is 13.3. The van der Waals surface area contributed by atoms with Crippen molar-refractivity contribution in [1.29, 1.82) is 0 Å². The minimum atomic E-state index is -1.35. The molecule has 0 aromatic heterocycles. The molecule has 1 fully saturated rings. The standard InChI is InChI=1S/C8H16N2O6/c1-3(12)10-16-7-6(14)5(13)4(2-11)15-8(7)9/h4-8,11,13-14H,2,9H2,1H3,(H,10,12)/t4-,5-,6+,7-,8?/m1/s1. The number of carbonyl (C=O) groups is 1. The number of hydrogen-bond acceptors (Lipinski definition) is 7. The highest BCUT2D eigenvalue weighted by atomic mass is 16.7. The van der Waals surface area contributed by atoms with Crippen LogP contribution < -0.4 is 11.2 Å². The van der Waals surface area contributed by atoms with Crippen molar-refractivity contribution in [1.82, 2.24) is 5.48 Å². The molecule has 0 bridgehead atoms. The van der Waals surface area contributed by atoms with E-state index in [1.165, 1.54) is 6.92 Å². The van der Waals surface area contributed by atoms with Crippen molar-refractivity contribution >= 4 is 5.91 Å². The molecule has 8 nitrogen and oxygen atoms in total. The molecule has 0 aliphatic carbocycles. The van der Waals surface area contributed by atoms with Gasteiger partial charge < -0.3 is 25.8 Å². The summed E-state index contributed by atoms with van der Waals surface area (Å²) in [5.74, 6) is -0.474. The number of carbonyl (C=O) groups excluding carboxylic acids is 1. The molecule has 1 saturated heterocycles. The number of aliphatic hydroxyl groups excluding tert-OH is 3. The van der Waals surface area contributed by atoms with Gasteiger partial charge in [-0.05, 0) is 0 Å². The van der Waals surface area contributed by atoms with E-state index in [1.54, 1.807) is 0 Å². The van der Waals surface area contributed by atoms with Gasteiger partial charge >= 0.3 is 0 Å². The predicted molar refractivity (Wildman–Crippen MR) is 50.6 cm³/mol. The Morgan fingerprint density at radius 2 is 2.12 bits per heavy atom. The molecule has 94 valence electrons. The van der Waals surface area contributed by atoms with E-state index >= 15 is 0 Å². The Morgan fingerprint density at radius 1 is 1.50 bits per heavy atom. The summed E-state index contributed by atoms with van der Waals surface area (Å²) < 4.78 is 5.00. The Labute approximate surface area is 91.9 Å². The first-order valence-corrected chi connectivity index (χ1v) is 4.77. The fourth-order valence-corrected chi connectivity index (χ4v) is 1.41. The van der Waals surface area contributed by atoms with Gasteiger partial charge in [0.05, 0.1) is 6.61 Å². The van der Waals surface area contributed by atoms with Crippen LogP contribution >= 0.6 is 0 Å². The van der Waals surface area contributed by atoms with Gasteiger partial charge in [-0.25, -0.2) is 5.48 Å². The molecule has 0 aromatic carbocycles. The van der Waals surface area contributed by atoms with Crippen LogP contribution in [-0.4, -0.2) is 58.5 Å². The first-order valence-electron chi connectivity index (χ1n) is 4.77. The van der Waals surface area contributed by atoms with Crippen molar-refractivity contribution in [3.63, 3.8) is 0 Å². The quantitative estimate of drug-likeness (QED) is 0.326. The maximum atomic E-state index is 10.6. The first-order chi connectivity index (χ1) is 7.47. The summed E-state index contributed by atoms with van der Waals surface area (Å²) >= 11 is 0. The van der Waals surface area contributed by atoms with Crippen molar-refractivity contribution < 1.29 is 29.7 Å². The van der Waals surface area contributed by atoms with Gasteiger partial charge in [-0.3, -0.25) is 9.63 Å². The van der Waals surface area contributed by atoms with Crippen molar-refractivity contribution in [2.24, 2.45) is 5.73 Å². The number of amides is 1. The highest BCUT2D eigenvalue weighted by molar-refractivity contribution is 5.71. The van der Waals surface area contributed by atoms with Crippen LogP contribution in [0.1, 0.15) is 6.92 Å². The number of hydrogen-bond donors (Lipinski definition) is 5. The average Bonchev–Trinajstić information content (AvgIpc) is 2.22. The van der Waals surface area contributed by atoms with Crippen LogP contribution in [-0.2, 0) is 14.4 Å². The molecular formula is C8H16N2O6. The lowest BCUT2D eigenvalue weighted by atomic mass is 9.99. The summed E-state index contributed by atoms with van der Waals surface area (Å²) in [6, 6.07) is 0. The Kier molecular flexibility index (Phi) is 4.59. The van der Waals surface area contributed by atoms with Crippen molar-refractivity contribution in [2.75, 3.05) is 6.61 Å². The molecule has 1 aliphatic rings. The van der Waals surface area contributed by atoms with E-state index in [9.17, 15) is 15.0 Å². The van der Waals surface area contributed by atoms with Gasteiger partial charge in [0, 0.05) is 6.92 Å². The van der Waals surface area contributed by atoms with Gasteiger partial charge in [0.2, 0.25) is 5.91 Å². The van der Waals surface area contributed by atoms with Gasteiger partial charge in [-0.15, -0.1) is 0 Å². The van der Waals surface area contributed by atoms with E-state index in [4.69, 9.17) is 20.4 Å². The van der Waals surface area contributed by atoms with Crippen LogP contribution in [0, 0.1) is 0 Å². The number of aliphatic hydroxyl groups is 3.